The fourth-order valence-corrected chi connectivity index (χ4v) is 1.77. The Morgan fingerprint density at radius 3 is 2.37 bits per heavy atom. The van der Waals surface area contributed by atoms with Gasteiger partial charge in [0.1, 0.15) is 0 Å². The normalized spacial score (nSPS) is 10.2. The summed E-state index contributed by atoms with van der Waals surface area (Å²) in [6, 6.07) is 13.7. The Labute approximate surface area is 111 Å². The zero-order valence-electron chi connectivity index (χ0n) is 10.6. The van der Waals surface area contributed by atoms with Crippen LogP contribution >= 0.6 is 0 Å². The molecule has 0 heterocycles. The maximum absolute atomic E-state index is 12.1. The lowest BCUT2D eigenvalue weighted by molar-refractivity contribution is -0.117. The topological polar surface area (TPSA) is 60.8 Å². The van der Waals surface area contributed by atoms with Gasteiger partial charge in [0, 0.05) is 12.7 Å². The molecule has 0 aliphatic heterocycles. The van der Waals surface area contributed by atoms with Gasteiger partial charge in [-0.3, -0.25) is 4.79 Å². The van der Waals surface area contributed by atoms with Gasteiger partial charge >= 0.3 is 0 Å². The van der Waals surface area contributed by atoms with E-state index in [9.17, 15) is 15.0 Å². The summed E-state index contributed by atoms with van der Waals surface area (Å²) in [4.78, 5) is 13.7. The highest BCUT2D eigenvalue weighted by Gasteiger charge is 2.12. The molecular formula is C15H15NO3. The van der Waals surface area contributed by atoms with E-state index in [0.717, 1.165) is 5.69 Å². The van der Waals surface area contributed by atoms with Crippen LogP contribution in [0.2, 0.25) is 0 Å². The van der Waals surface area contributed by atoms with Gasteiger partial charge in [-0.2, -0.15) is 0 Å². The third-order valence-electron chi connectivity index (χ3n) is 2.91. The van der Waals surface area contributed by atoms with E-state index in [1.54, 1.807) is 18.0 Å². The number of phenols is 2. The zero-order valence-corrected chi connectivity index (χ0v) is 10.6. The van der Waals surface area contributed by atoms with E-state index in [1.807, 2.05) is 30.3 Å². The molecule has 0 bridgehead atoms. The highest BCUT2D eigenvalue weighted by molar-refractivity contribution is 5.94. The number of amides is 1. The molecule has 1 amide bonds. The maximum Gasteiger partial charge on any atom is 0.231 e. The second-order valence-corrected chi connectivity index (χ2v) is 4.29. The van der Waals surface area contributed by atoms with Gasteiger partial charge in [-0.1, -0.05) is 24.3 Å². The lowest BCUT2D eigenvalue weighted by Gasteiger charge is -2.17. The van der Waals surface area contributed by atoms with E-state index < -0.39 is 0 Å². The van der Waals surface area contributed by atoms with Crippen molar-refractivity contribution in [2.24, 2.45) is 0 Å². The minimum atomic E-state index is -0.215. The second kappa shape index (κ2) is 5.44. The molecule has 2 aromatic rings. The van der Waals surface area contributed by atoms with Crippen molar-refractivity contribution in [1.82, 2.24) is 0 Å². The van der Waals surface area contributed by atoms with Crippen molar-refractivity contribution in [3.63, 3.8) is 0 Å². The predicted octanol–water partition coefficient (Wildman–Crippen LogP) is 2.30. The molecule has 0 atom stereocenters. The molecule has 98 valence electrons. The van der Waals surface area contributed by atoms with E-state index >= 15 is 0 Å². The molecule has 0 aliphatic carbocycles. The Morgan fingerprint density at radius 2 is 1.74 bits per heavy atom. The van der Waals surface area contributed by atoms with Gasteiger partial charge < -0.3 is 15.1 Å². The van der Waals surface area contributed by atoms with Crippen LogP contribution in [0.3, 0.4) is 0 Å². The van der Waals surface area contributed by atoms with Gasteiger partial charge in [0.2, 0.25) is 5.91 Å². The summed E-state index contributed by atoms with van der Waals surface area (Å²) in [6.07, 6.45) is 0.166. The van der Waals surface area contributed by atoms with Crippen LogP contribution in [0.5, 0.6) is 11.5 Å². The second-order valence-electron chi connectivity index (χ2n) is 4.29. The summed E-state index contributed by atoms with van der Waals surface area (Å²) in [5, 5.41) is 18.6. The number of rotatable bonds is 3. The monoisotopic (exact) mass is 257 g/mol. The molecule has 0 unspecified atom stereocenters. The van der Waals surface area contributed by atoms with Crippen molar-refractivity contribution >= 4 is 11.6 Å². The third-order valence-corrected chi connectivity index (χ3v) is 2.91. The standard InChI is InChI=1S/C15H15NO3/c1-16(12-5-3-2-4-6-12)15(19)10-11-7-8-13(17)14(18)9-11/h2-9,17-18H,10H2,1H3. The fraction of sp³-hybridized carbons (Fsp3) is 0.133. The Kier molecular flexibility index (Phi) is 3.71. The first-order chi connectivity index (χ1) is 9.08. The highest BCUT2D eigenvalue weighted by atomic mass is 16.3. The largest absolute Gasteiger partial charge is 0.504 e. The number of hydrogen-bond donors (Lipinski definition) is 2. The predicted molar refractivity (Wildman–Crippen MR) is 73.3 cm³/mol. The number of likely N-dealkylation sites (N-methyl/N-ethyl adjacent to an activating group) is 1. The van der Waals surface area contributed by atoms with E-state index in [4.69, 9.17) is 0 Å². The van der Waals surface area contributed by atoms with Crippen molar-refractivity contribution in [2.75, 3.05) is 11.9 Å². The van der Waals surface area contributed by atoms with E-state index in [1.165, 1.54) is 12.1 Å². The molecule has 2 N–H and O–H groups in total. The van der Waals surface area contributed by atoms with Crippen LogP contribution in [0.15, 0.2) is 48.5 Å². The van der Waals surface area contributed by atoms with Crippen LogP contribution < -0.4 is 4.90 Å². The molecule has 4 heteroatoms. The smallest absolute Gasteiger partial charge is 0.231 e. The number of nitrogens with zero attached hydrogens (tertiary/aromatic N) is 1. The van der Waals surface area contributed by atoms with Gasteiger partial charge in [0.25, 0.3) is 0 Å². The molecule has 0 aromatic heterocycles. The Hall–Kier alpha value is -2.49. The number of carbonyl (C=O) groups excluding carboxylic acids is 1. The van der Waals surface area contributed by atoms with Crippen LogP contribution in [0.1, 0.15) is 5.56 Å². The van der Waals surface area contributed by atoms with Gasteiger partial charge in [-0.25, -0.2) is 0 Å². The first-order valence-corrected chi connectivity index (χ1v) is 5.90. The number of anilines is 1. The fourth-order valence-electron chi connectivity index (χ4n) is 1.77. The quantitative estimate of drug-likeness (QED) is 0.829. The van der Waals surface area contributed by atoms with Crippen LogP contribution in [0.25, 0.3) is 0 Å². The van der Waals surface area contributed by atoms with Crippen molar-refractivity contribution < 1.29 is 15.0 Å². The van der Waals surface area contributed by atoms with Gasteiger partial charge in [-0.05, 0) is 29.8 Å². The van der Waals surface area contributed by atoms with Crippen molar-refractivity contribution in [2.45, 2.75) is 6.42 Å². The lowest BCUT2D eigenvalue weighted by atomic mass is 10.1. The number of carbonyl (C=O) groups is 1. The minimum absolute atomic E-state index is 0.0868. The van der Waals surface area contributed by atoms with Crippen LogP contribution in [-0.4, -0.2) is 23.2 Å². The van der Waals surface area contributed by atoms with E-state index in [-0.39, 0.29) is 23.8 Å². The maximum atomic E-state index is 12.1. The van der Waals surface area contributed by atoms with E-state index in [2.05, 4.69) is 0 Å². The van der Waals surface area contributed by atoms with Crippen molar-refractivity contribution in [3.05, 3.63) is 54.1 Å². The zero-order chi connectivity index (χ0) is 13.8. The average molecular weight is 257 g/mol. The number of hydrogen-bond acceptors (Lipinski definition) is 3. The average Bonchev–Trinajstić information content (AvgIpc) is 2.43. The van der Waals surface area contributed by atoms with Crippen LogP contribution in [0.4, 0.5) is 5.69 Å². The summed E-state index contributed by atoms with van der Waals surface area (Å²) < 4.78 is 0. The first kappa shape index (κ1) is 13.0. The Bertz CT molecular complexity index is 581. The Balaban J connectivity index is 2.10. The van der Waals surface area contributed by atoms with Gasteiger partial charge in [0.05, 0.1) is 6.42 Å². The van der Waals surface area contributed by atoms with Gasteiger partial charge in [-0.15, -0.1) is 0 Å². The lowest BCUT2D eigenvalue weighted by Crippen LogP contribution is -2.27. The molecule has 0 spiro atoms. The molecule has 2 aromatic carbocycles. The number of aromatic hydroxyl groups is 2. The first-order valence-electron chi connectivity index (χ1n) is 5.90. The summed E-state index contributed by atoms with van der Waals surface area (Å²) >= 11 is 0. The van der Waals surface area contributed by atoms with Crippen molar-refractivity contribution in [3.8, 4) is 11.5 Å². The van der Waals surface area contributed by atoms with Gasteiger partial charge in [0.15, 0.2) is 11.5 Å². The Morgan fingerprint density at radius 1 is 1.05 bits per heavy atom. The molecule has 0 fully saturated rings. The SMILES string of the molecule is CN(C(=O)Cc1ccc(O)c(O)c1)c1ccccc1. The highest BCUT2D eigenvalue weighted by Crippen LogP contribution is 2.25. The summed E-state index contributed by atoms with van der Waals surface area (Å²) in [5.41, 5.74) is 1.47. The number of benzene rings is 2. The summed E-state index contributed by atoms with van der Waals surface area (Å²) in [6.45, 7) is 0. The molecule has 0 aliphatic rings. The third kappa shape index (κ3) is 3.04. The van der Waals surface area contributed by atoms with Crippen LogP contribution in [-0.2, 0) is 11.2 Å². The number of phenolic OH excluding ortho intramolecular Hbond substituents is 2. The minimum Gasteiger partial charge on any atom is -0.504 e. The number of para-hydroxylation sites is 1. The summed E-state index contributed by atoms with van der Waals surface area (Å²) in [5.74, 6) is -0.489. The van der Waals surface area contributed by atoms with E-state index in [0.29, 0.717) is 5.56 Å². The van der Waals surface area contributed by atoms with Crippen molar-refractivity contribution in [1.29, 1.82) is 0 Å². The molecule has 19 heavy (non-hydrogen) atoms. The molecule has 2 rings (SSSR count). The molecule has 0 saturated carbocycles. The molecular weight excluding hydrogens is 242 g/mol. The summed E-state index contributed by atoms with van der Waals surface area (Å²) in [7, 11) is 1.71. The molecule has 4 nitrogen and oxygen atoms in total. The molecule has 0 radical (unpaired) electrons. The van der Waals surface area contributed by atoms with Crippen LogP contribution in [0, 0.1) is 0 Å². The molecule has 0 saturated heterocycles.